The molecule has 5 heteroatoms. The second-order valence-corrected chi connectivity index (χ2v) is 5.26. The van der Waals surface area contributed by atoms with Gasteiger partial charge in [-0.05, 0) is 36.8 Å². The van der Waals surface area contributed by atoms with E-state index < -0.39 is 0 Å². The Kier molecular flexibility index (Phi) is 4.74. The molecule has 0 radical (unpaired) electrons. The lowest BCUT2D eigenvalue weighted by Gasteiger charge is -2.11. The molecule has 0 bridgehead atoms. The average molecular weight is 337 g/mol. The van der Waals surface area contributed by atoms with Gasteiger partial charge in [0, 0.05) is 10.2 Å². The Labute approximate surface area is 125 Å². The highest BCUT2D eigenvalue weighted by Crippen LogP contribution is 2.19. The van der Waals surface area contributed by atoms with Gasteiger partial charge < -0.3 is 10.6 Å². The number of carbonyl (C=O) groups excluding carboxylic acids is 1. The van der Waals surface area contributed by atoms with Gasteiger partial charge in [-0.1, -0.05) is 34.1 Å². The van der Waals surface area contributed by atoms with Gasteiger partial charge in [-0.15, -0.1) is 0 Å². The van der Waals surface area contributed by atoms with Crippen molar-refractivity contribution in [1.82, 2.24) is 0 Å². The zero-order chi connectivity index (χ0) is 14.5. The minimum absolute atomic E-state index is 0.00822. The number of rotatable bonds is 4. The highest BCUT2D eigenvalue weighted by molar-refractivity contribution is 9.10. The first-order chi connectivity index (χ1) is 9.56. The number of carbonyl (C=O) groups is 1. The Morgan fingerprint density at radius 2 is 2.00 bits per heavy atom. The van der Waals surface area contributed by atoms with Gasteiger partial charge in [0.15, 0.2) is 0 Å². The molecule has 0 aliphatic heterocycles. The van der Waals surface area contributed by atoms with Gasteiger partial charge in [0.25, 0.3) is 0 Å². The van der Waals surface area contributed by atoms with Crippen LogP contribution in [0.5, 0.6) is 0 Å². The molecule has 0 aromatic heterocycles. The van der Waals surface area contributed by atoms with E-state index in [2.05, 4.69) is 26.6 Å². The number of halogens is 2. The van der Waals surface area contributed by atoms with E-state index >= 15 is 0 Å². The van der Waals surface area contributed by atoms with Crippen LogP contribution in [-0.4, -0.2) is 12.5 Å². The molecule has 0 heterocycles. The highest BCUT2D eigenvalue weighted by atomic mass is 79.9. The number of anilines is 2. The van der Waals surface area contributed by atoms with Gasteiger partial charge >= 0.3 is 0 Å². The van der Waals surface area contributed by atoms with E-state index in [1.54, 1.807) is 31.2 Å². The van der Waals surface area contributed by atoms with Crippen molar-refractivity contribution >= 4 is 33.2 Å². The third-order valence-corrected chi connectivity index (χ3v) is 3.25. The molecule has 0 aliphatic rings. The minimum Gasteiger partial charge on any atom is -0.374 e. The Hall–Kier alpha value is -1.88. The van der Waals surface area contributed by atoms with Gasteiger partial charge in [0.1, 0.15) is 5.82 Å². The molecule has 1 amide bonds. The molecule has 104 valence electrons. The molecule has 0 spiro atoms. The molecule has 2 N–H and O–H groups in total. The molecule has 0 fully saturated rings. The minimum atomic E-state index is -0.361. The molecule has 20 heavy (non-hydrogen) atoms. The number of hydrogen-bond acceptors (Lipinski definition) is 2. The number of hydrogen-bond donors (Lipinski definition) is 2. The first-order valence-electron chi connectivity index (χ1n) is 6.10. The fourth-order valence-corrected chi connectivity index (χ4v) is 2.20. The SMILES string of the molecule is Cc1cccc(F)c1NCC(=O)Nc1cccc(Br)c1. The monoisotopic (exact) mass is 336 g/mol. The summed E-state index contributed by atoms with van der Waals surface area (Å²) in [6.45, 7) is 1.80. The van der Waals surface area contributed by atoms with Crippen LogP contribution in [0.2, 0.25) is 0 Å². The van der Waals surface area contributed by atoms with Crippen LogP contribution in [0.4, 0.5) is 15.8 Å². The first kappa shape index (κ1) is 14.5. The van der Waals surface area contributed by atoms with Gasteiger partial charge in [0.05, 0.1) is 12.2 Å². The summed E-state index contributed by atoms with van der Waals surface area (Å²) < 4.78 is 14.5. The smallest absolute Gasteiger partial charge is 0.243 e. The molecule has 2 aromatic carbocycles. The lowest BCUT2D eigenvalue weighted by Crippen LogP contribution is -2.22. The largest absolute Gasteiger partial charge is 0.374 e. The van der Waals surface area contributed by atoms with Crippen molar-refractivity contribution in [2.45, 2.75) is 6.92 Å². The Morgan fingerprint density at radius 1 is 1.25 bits per heavy atom. The summed E-state index contributed by atoms with van der Waals surface area (Å²) in [4.78, 5) is 11.8. The maximum Gasteiger partial charge on any atom is 0.243 e. The van der Waals surface area contributed by atoms with Gasteiger partial charge in [-0.3, -0.25) is 4.79 Å². The van der Waals surface area contributed by atoms with Crippen LogP contribution >= 0.6 is 15.9 Å². The predicted molar refractivity (Wildman–Crippen MR) is 82.4 cm³/mol. The summed E-state index contributed by atoms with van der Waals surface area (Å²) >= 11 is 3.33. The summed E-state index contributed by atoms with van der Waals surface area (Å²) in [7, 11) is 0. The summed E-state index contributed by atoms with van der Waals surface area (Å²) in [5, 5.41) is 5.56. The topological polar surface area (TPSA) is 41.1 Å². The lowest BCUT2D eigenvalue weighted by molar-refractivity contribution is -0.114. The quantitative estimate of drug-likeness (QED) is 0.887. The third-order valence-electron chi connectivity index (χ3n) is 2.76. The zero-order valence-corrected chi connectivity index (χ0v) is 12.5. The molecule has 2 rings (SSSR count). The van der Waals surface area contributed by atoms with Crippen molar-refractivity contribution in [3.8, 4) is 0 Å². The van der Waals surface area contributed by atoms with E-state index in [1.807, 2.05) is 12.1 Å². The van der Waals surface area contributed by atoms with Gasteiger partial charge in [0.2, 0.25) is 5.91 Å². The maximum absolute atomic E-state index is 13.6. The van der Waals surface area contributed by atoms with E-state index in [-0.39, 0.29) is 18.3 Å². The van der Waals surface area contributed by atoms with Crippen molar-refractivity contribution in [3.05, 3.63) is 58.3 Å². The molecule has 2 aromatic rings. The van der Waals surface area contributed by atoms with Crippen molar-refractivity contribution in [2.75, 3.05) is 17.2 Å². The van der Waals surface area contributed by atoms with Crippen LogP contribution in [0.15, 0.2) is 46.9 Å². The summed E-state index contributed by atoms with van der Waals surface area (Å²) in [5.74, 6) is -0.592. The van der Waals surface area contributed by atoms with Gasteiger partial charge in [-0.2, -0.15) is 0 Å². The maximum atomic E-state index is 13.6. The molecule has 0 saturated carbocycles. The summed E-state index contributed by atoms with van der Waals surface area (Å²) in [5.41, 5.74) is 1.81. The van der Waals surface area contributed by atoms with Crippen LogP contribution in [-0.2, 0) is 4.79 Å². The standard InChI is InChI=1S/C15H14BrFN2O/c1-10-4-2-7-13(17)15(10)18-9-14(20)19-12-6-3-5-11(16)8-12/h2-8,18H,9H2,1H3,(H,19,20). The Bertz CT molecular complexity index is 611. The highest BCUT2D eigenvalue weighted by Gasteiger charge is 2.07. The first-order valence-corrected chi connectivity index (χ1v) is 6.90. The summed E-state index contributed by atoms with van der Waals surface area (Å²) in [6, 6.07) is 12.1. The third kappa shape index (κ3) is 3.81. The second-order valence-electron chi connectivity index (χ2n) is 4.34. The van der Waals surface area contributed by atoms with Gasteiger partial charge in [-0.25, -0.2) is 4.39 Å². The van der Waals surface area contributed by atoms with Crippen LogP contribution in [0.3, 0.4) is 0 Å². The van der Waals surface area contributed by atoms with E-state index in [4.69, 9.17) is 0 Å². The van der Waals surface area contributed by atoms with E-state index in [9.17, 15) is 9.18 Å². The van der Waals surface area contributed by atoms with E-state index in [0.717, 1.165) is 10.0 Å². The molecular formula is C15H14BrFN2O. The van der Waals surface area contributed by atoms with E-state index in [0.29, 0.717) is 11.4 Å². The normalized spacial score (nSPS) is 10.2. The van der Waals surface area contributed by atoms with Crippen LogP contribution in [0, 0.1) is 12.7 Å². The Morgan fingerprint density at radius 3 is 2.70 bits per heavy atom. The van der Waals surface area contributed by atoms with Crippen molar-refractivity contribution in [2.24, 2.45) is 0 Å². The lowest BCUT2D eigenvalue weighted by atomic mass is 10.2. The molecular weight excluding hydrogens is 323 g/mol. The number of para-hydroxylation sites is 1. The average Bonchev–Trinajstić information content (AvgIpc) is 2.38. The number of nitrogens with one attached hydrogen (secondary N) is 2. The van der Waals surface area contributed by atoms with E-state index in [1.165, 1.54) is 6.07 Å². The number of benzene rings is 2. The fraction of sp³-hybridized carbons (Fsp3) is 0.133. The number of aryl methyl sites for hydroxylation is 1. The van der Waals surface area contributed by atoms with Crippen LogP contribution in [0.1, 0.15) is 5.56 Å². The molecule has 0 saturated heterocycles. The fourth-order valence-electron chi connectivity index (χ4n) is 1.80. The number of amides is 1. The predicted octanol–water partition coefficient (Wildman–Crippen LogP) is 3.95. The van der Waals surface area contributed by atoms with Crippen LogP contribution in [0.25, 0.3) is 0 Å². The van der Waals surface area contributed by atoms with Crippen LogP contribution < -0.4 is 10.6 Å². The van der Waals surface area contributed by atoms with Crippen molar-refractivity contribution < 1.29 is 9.18 Å². The second kappa shape index (κ2) is 6.52. The molecule has 3 nitrogen and oxygen atoms in total. The molecule has 0 aliphatic carbocycles. The zero-order valence-electron chi connectivity index (χ0n) is 10.9. The van der Waals surface area contributed by atoms with Crippen molar-refractivity contribution in [1.29, 1.82) is 0 Å². The Balaban J connectivity index is 1.96. The van der Waals surface area contributed by atoms with Crippen molar-refractivity contribution in [3.63, 3.8) is 0 Å². The molecule has 0 unspecified atom stereocenters. The molecule has 0 atom stereocenters. The summed E-state index contributed by atoms with van der Waals surface area (Å²) in [6.07, 6.45) is 0.